The van der Waals surface area contributed by atoms with Crippen LogP contribution in [0.1, 0.15) is 30.9 Å². The van der Waals surface area contributed by atoms with Crippen LogP contribution in [0.4, 0.5) is 0 Å². The topological polar surface area (TPSA) is 3.24 Å². The summed E-state index contributed by atoms with van der Waals surface area (Å²) >= 11 is 0. The first kappa shape index (κ1) is 17.9. The van der Waals surface area contributed by atoms with Gasteiger partial charge in [0.15, 0.2) is 0 Å². The van der Waals surface area contributed by atoms with E-state index >= 15 is 0 Å². The number of rotatable bonds is 9. The van der Waals surface area contributed by atoms with E-state index in [4.69, 9.17) is 0 Å². The lowest BCUT2D eigenvalue weighted by Gasteiger charge is -2.36. The van der Waals surface area contributed by atoms with Crippen molar-refractivity contribution in [3.8, 4) is 0 Å². The molecule has 0 aliphatic rings. The van der Waals surface area contributed by atoms with Gasteiger partial charge in [-0.2, -0.15) is 0 Å². The molecule has 0 saturated carbocycles. The molecular formula is C20H29B2N. The fourth-order valence-corrected chi connectivity index (χ4v) is 3.02. The SMILES string of the molecule is BC(B)(C)N(CCCc1ccccc1)CCCc1ccccc1. The number of hydrogen-bond donors (Lipinski definition) is 0. The molecule has 23 heavy (non-hydrogen) atoms. The Morgan fingerprint density at radius 1 is 0.739 bits per heavy atom. The van der Waals surface area contributed by atoms with E-state index in [1.54, 1.807) is 0 Å². The third kappa shape index (κ3) is 6.66. The molecule has 0 aliphatic carbocycles. The molecule has 0 aliphatic heterocycles. The van der Waals surface area contributed by atoms with Gasteiger partial charge in [-0.15, -0.1) is 0 Å². The molecule has 2 aromatic rings. The number of aryl methyl sites for hydroxylation is 2. The van der Waals surface area contributed by atoms with Crippen LogP contribution in [-0.2, 0) is 12.8 Å². The predicted octanol–water partition coefficient (Wildman–Crippen LogP) is 2.49. The second-order valence-corrected chi connectivity index (χ2v) is 7.34. The van der Waals surface area contributed by atoms with Crippen LogP contribution >= 0.6 is 0 Å². The maximum atomic E-state index is 2.64. The van der Waals surface area contributed by atoms with E-state index in [9.17, 15) is 0 Å². The average molecular weight is 305 g/mol. The highest BCUT2D eigenvalue weighted by atomic mass is 15.2. The van der Waals surface area contributed by atoms with Gasteiger partial charge >= 0.3 is 0 Å². The second kappa shape index (κ2) is 8.98. The molecule has 0 bridgehead atoms. The van der Waals surface area contributed by atoms with E-state index in [-0.39, 0.29) is 5.34 Å². The smallest absolute Gasteiger partial charge is 0.116 e. The summed E-state index contributed by atoms with van der Waals surface area (Å²) in [5.74, 6) is 0. The summed E-state index contributed by atoms with van der Waals surface area (Å²) in [5.41, 5.74) is 2.90. The summed E-state index contributed by atoms with van der Waals surface area (Å²) in [6, 6.07) is 21.7. The molecule has 0 radical (unpaired) electrons. The Morgan fingerprint density at radius 2 is 1.13 bits per heavy atom. The molecular weight excluding hydrogens is 276 g/mol. The van der Waals surface area contributed by atoms with Crippen molar-refractivity contribution >= 4 is 15.7 Å². The first-order valence-corrected chi connectivity index (χ1v) is 8.88. The summed E-state index contributed by atoms with van der Waals surface area (Å²) in [6.07, 6.45) is 4.80. The van der Waals surface area contributed by atoms with E-state index in [0.29, 0.717) is 0 Å². The summed E-state index contributed by atoms with van der Waals surface area (Å²) in [7, 11) is 4.66. The minimum Gasteiger partial charge on any atom is -0.313 e. The molecule has 0 atom stereocenters. The Balaban J connectivity index is 1.78. The van der Waals surface area contributed by atoms with Crippen molar-refractivity contribution in [2.75, 3.05) is 13.1 Å². The van der Waals surface area contributed by atoms with Crippen molar-refractivity contribution in [1.82, 2.24) is 4.90 Å². The van der Waals surface area contributed by atoms with E-state index in [2.05, 4.69) is 88.2 Å². The van der Waals surface area contributed by atoms with Crippen molar-refractivity contribution in [3.05, 3.63) is 71.8 Å². The maximum absolute atomic E-state index is 2.64. The van der Waals surface area contributed by atoms with Gasteiger partial charge in [-0.3, -0.25) is 0 Å². The van der Waals surface area contributed by atoms with Gasteiger partial charge in [0.1, 0.15) is 15.7 Å². The molecule has 2 rings (SSSR count). The molecule has 0 fully saturated rings. The van der Waals surface area contributed by atoms with E-state index in [1.807, 2.05) is 0 Å². The van der Waals surface area contributed by atoms with Gasteiger partial charge in [0.05, 0.1) is 0 Å². The highest BCUT2D eigenvalue weighted by Crippen LogP contribution is 2.12. The van der Waals surface area contributed by atoms with E-state index in [1.165, 1.54) is 49.9 Å². The zero-order chi connectivity index (χ0) is 16.5. The Kier molecular flexibility index (Phi) is 6.98. The minimum atomic E-state index is 0.243. The van der Waals surface area contributed by atoms with Crippen molar-refractivity contribution in [3.63, 3.8) is 0 Å². The van der Waals surface area contributed by atoms with E-state index < -0.39 is 0 Å². The van der Waals surface area contributed by atoms with Gasteiger partial charge in [0.2, 0.25) is 0 Å². The highest BCUT2D eigenvalue weighted by molar-refractivity contribution is 6.39. The molecule has 3 heteroatoms. The van der Waals surface area contributed by atoms with E-state index in [0.717, 1.165) is 0 Å². The largest absolute Gasteiger partial charge is 0.313 e. The summed E-state index contributed by atoms with van der Waals surface area (Å²) in [6.45, 7) is 4.68. The molecule has 0 saturated heterocycles. The van der Waals surface area contributed by atoms with Crippen molar-refractivity contribution < 1.29 is 0 Å². The van der Waals surface area contributed by atoms with Crippen LogP contribution in [0.15, 0.2) is 60.7 Å². The minimum absolute atomic E-state index is 0.243. The fraction of sp³-hybridized carbons (Fsp3) is 0.400. The van der Waals surface area contributed by atoms with Crippen LogP contribution in [0, 0.1) is 0 Å². The quantitative estimate of drug-likeness (QED) is 0.644. The fourth-order valence-electron chi connectivity index (χ4n) is 3.02. The van der Waals surface area contributed by atoms with Gasteiger partial charge < -0.3 is 4.90 Å². The molecule has 0 spiro atoms. The molecule has 120 valence electrons. The zero-order valence-corrected chi connectivity index (χ0v) is 15.0. The summed E-state index contributed by atoms with van der Waals surface area (Å²) in [4.78, 5) is 2.64. The molecule has 0 amide bonds. The Morgan fingerprint density at radius 3 is 1.48 bits per heavy atom. The molecule has 1 nitrogen and oxygen atoms in total. The van der Waals surface area contributed by atoms with Crippen molar-refractivity contribution in [2.45, 2.75) is 37.9 Å². The third-order valence-electron chi connectivity index (χ3n) is 4.42. The van der Waals surface area contributed by atoms with Crippen molar-refractivity contribution in [2.24, 2.45) is 0 Å². The number of hydrogen-bond acceptors (Lipinski definition) is 1. The predicted molar refractivity (Wildman–Crippen MR) is 107 cm³/mol. The standard InChI is InChI=1S/C20H29B2N/c1-20(21,22)23(16-8-14-18-10-4-2-5-11-18)17-9-15-19-12-6-3-7-13-19/h2-7,10-13H,8-9,14-17,21-22H2,1H3. The van der Waals surface area contributed by atoms with Gasteiger partial charge in [-0.25, -0.2) is 0 Å². The van der Waals surface area contributed by atoms with Crippen LogP contribution in [-0.4, -0.2) is 39.0 Å². The molecule has 0 unspecified atom stereocenters. The summed E-state index contributed by atoms with van der Waals surface area (Å²) in [5, 5.41) is 0.243. The Labute approximate surface area is 143 Å². The van der Waals surface area contributed by atoms with Gasteiger partial charge in [-0.1, -0.05) is 67.6 Å². The third-order valence-corrected chi connectivity index (χ3v) is 4.42. The van der Waals surface area contributed by atoms with Gasteiger partial charge in [0.25, 0.3) is 0 Å². The van der Waals surface area contributed by atoms with Crippen LogP contribution < -0.4 is 0 Å². The molecule has 2 aromatic carbocycles. The lowest BCUT2D eigenvalue weighted by molar-refractivity contribution is 0.229. The lowest BCUT2D eigenvalue weighted by Crippen LogP contribution is -2.48. The normalized spacial score (nSPS) is 11.7. The molecule has 0 aromatic heterocycles. The summed E-state index contributed by atoms with van der Waals surface area (Å²) < 4.78 is 0. The first-order valence-electron chi connectivity index (χ1n) is 8.88. The molecule has 0 N–H and O–H groups in total. The first-order chi connectivity index (χ1) is 11.1. The Bertz CT molecular complexity index is 503. The van der Waals surface area contributed by atoms with Crippen LogP contribution in [0.3, 0.4) is 0 Å². The number of benzene rings is 2. The van der Waals surface area contributed by atoms with Crippen LogP contribution in [0.2, 0.25) is 0 Å². The van der Waals surface area contributed by atoms with Crippen LogP contribution in [0.25, 0.3) is 0 Å². The van der Waals surface area contributed by atoms with Gasteiger partial charge in [0, 0.05) is 0 Å². The average Bonchev–Trinajstić information content (AvgIpc) is 2.54. The monoisotopic (exact) mass is 305 g/mol. The Hall–Kier alpha value is -1.47. The van der Waals surface area contributed by atoms with Gasteiger partial charge in [-0.05, 0) is 55.2 Å². The van der Waals surface area contributed by atoms with Crippen molar-refractivity contribution in [1.29, 1.82) is 0 Å². The second-order valence-electron chi connectivity index (χ2n) is 7.34. The van der Waals surface area contributed by atoms with Crippen LogP contribution in [0.5, 0.6) is 0 Å². The number of nitrogens with zero attached hydrogens (tertiary/aromatic N) is 1. The highest BCUT2D eigenvalue weighted by Gasteiger charge is 2.20. The molecule has 0 heterocycles. The maximum Gasteiger partial charge on any atom is 0.116 e. The zero-order valence-electron chi connectivity index (χ0n) is 15.0. The lowest BCUT2D eigenvalue weighted by atomic mass is 9.62.